The summed E-state index contributed by atoms with van der Waals surface area (Å²) < 4.78 is 28.6. The Morgan fingerprint density at radius 1 is 1.00 bits per heavy atom. The summed E-state index contributed by atoms with van der Waals surface area (Å²) in [6.45, 7) is 3.80. The normalized spacial score (nSPS) is 16.9. The van der Waals surface area contributed by atoms with Crippen molar-refractivity contribution >= 4 is 21.6 Å². The summed E-state index contributed by atoms with van der Waals surface area (Å²) in [5, 5.41) is 0. The molecule has 1 aliphatic rings. The molecule has 0 bridgehead atoms. The summed E-state index contributed by atoms with van der Waals surface area (Å²) in [6.07, 6.45) is 0.617. The lowest BCUT2D eigenvalue weighted by atomic mass is 10.1. The van der Waals surface area contributed by atoms with E-state index >= 15 is 0 Å². The van der Waals surface area contributed by atoms with E-state index in [-0.39, 0.29) is 22.9 Å². The minimum atomic E-state index is -3.69. The van der Waals surface area contributed by atoms with Crippen LogP contribution in [0.15, 0.2) is 83.8 Å². The zero-order valence-electron chi connectivity index (χ0n) is 16.9. The van der Waals surface area contributed by atoms with E-state index in [4.69, 9.17) is 0 Å². The van der Waals surface area contributed by atoms with Crippen LogP contribution in [0.4, 0.5) is 5.69 Å². The van der Waals surface area contributed by atoms with Crippen molar-refractivity contribution in [1.29, 1.82) is 0 Å². The number of hydrogen-bond donors (Lipinski definition) is 1. The Hall–Kier alpha value is -2.96. The molecule has 3 aromatic rings. The number of nitrogens with one attached hydrogen (secondary N) is 1. The highest BCUT2D eigenvalue weighted by atomic mass is 32.2. The number of hydrogen-bond acceptors (Lipinski definition) is 3. The molecule has 30 heavy (non-hydrogen) atoms. The number of fused-ring (bicyclic) bond motifs is 1. The van der Waals surface area contributed by atoms with Gasteiger partial charge < -0.3 is 4.90 Å². The fourth-order valence-corrected chi connectivity index (χ4v) is 5.20. The van der Waals surface area contributed by atoms with Crippen molar-refractivity contribution < 1.29 is 13.2 Å². The van der Waals surface area contributed by atoms with Gasteiger partial charge in [0.2, 0.25) is 10.0 Å². The lowest BCUT2D eigenvalue weighted by molar-refractivity contribution is 0.0981. The van der Waals surface area contributed by atoms with E-state index in [1.54, 1.807) is 35.2 Å². The third-order valence-electron chi connectivity index (χ3n) is 5.45. The van der Waals surface area contributed by atoms with Gasteiger partial charge in [-0.25, -0.2) is 13.1 Å². The lowest BCUT2D eigenvalue weighted by Gasteiger charge is -2.23. The molecule has 0 radical (unpaired) electrons. The van der Waals surface area contributed by atoms with Crippen molar-refractivity contribution in [2.24, 2.45) is 0 Å². The standard InChI is InChI=1S/C24H24N2O3S/c1-17-15-21-16-22(30(28,29)25-18(2)19-9-5-3-6-10-19)13-14-23(21)26(17)24(27)20-11-7-4-8-12-20/h3-14,16-18,25H,15H2,1-2H3/t17-,18-/m1/s1. The monoisotopic (exact) mass is 420 g/mol. The number of carbonyl (C=O) groups is 1. The molecule has 0 aromatic heterocycles. The van der Waals surface area contributed by atoms with Crippen molar-refractivity contribution in [3.8, 4) is 0 Å². The minimum Gasteiger partial charge on any atom is -0.305 e. The highest BCUT2D eigenvalue weighted by Crippen LogP contribution is 2.35. The summed E-state index contributed by atoms with van der Waals surface area (Å²) in [5.74, 6) is -0.0757. The first-order valence-electron chi connectivity index (χ1n) is 9.95. The first-order chi connectivity index (χ1) is 14.4. The average molecular weight is 421 g/mol. The van der Waals surface area contributed by atoms with E-state index in [1.807, 2.05) is 62.4 Å². The number of amides is 1. The van der Waals surface area contributed by atoms with Crippen LogP contribution in [0.2, 0.25) is 0 Å². The van der Waals surface area contributed by atoms with Gasteiger partial charge in [-0.1, -0.05) is 48.5 Å². The number of sulfonamides is 1. The Bertz CT molecular complexity index is 1160. The molecule has 0 unspecified atom stereocenters. The van der Waals surface area contributed by atoms with Crippen LogP contribution < -0.4 is 9.62 Å². The van der Waals surface area contributed by atoms with E-state index in [1.165, 1.54) is 0 Å². The van der Waals surface area contributed by atoms with Crippen molar-refractivity contribution in [1.82, 2.24) is 4.72 Å². The van der Waals surface area contributed by atoms with E-state index in [9.17, 15) is 13.2 Å². The number of benzene rings is 3. The molecular weight excluding hydrogens is 396 g/mol. The van der Waals surface area contributed by atoms with Gasteiger partial charge in [0.15, 0.2) is 0 Å². The Morgan fingerprint density at radius 3 is 2.30 bits per heavy atom. The van der Waals surface area contributed by atoms with Crippen LogP contribution in [0, 0.1) is 0 Å². The molecule has 0 fully saturated rings. The summed E-state index contributed by atoms with van der Waals surface area (Å²) in [7, 11) is -3.69. The van der Waals surface area contributed by atoms with Gasteiger partial charge >= 0.3 is 0 Å². The van der Waals surface area contributed by atoms with E-state index in [0.29, 0.717) is 12.0 Å². The van der Waals surface area contributed by atoms with Crippen molar-refractivity contribution in [2.75, 3.05) is 4.90 Å². The highest BCUT2D eigenvalue weighted by molar-refractivity contribution is 7.89. The summed E-state index contributed by atoms with van der Waals surface area (Å²) in [4.78, 5) is 15.0. The van der Waals surface area contributed by atoms with Crippen LogP contribution in [-0.4, -0.2) is 20.4 Å². The molecule has 6 heteroatoms. The molecule has 2 atom stereocenters. The quantitative estimate of drug-likeness (QED) is 0.669. The molecule has 5 nitrogen and oxygen atoms in total. The van der Waals surface area contributed by atoms with E-state index in [0.717, 1.165) is 16.8 Å². The Labute approximate surface area is 177 Å². The second kappa shape index (κ2) is 8.05. The van der Waals surface area contributed by atoms with E-state index in [2.05, 4.69) is 4.72 Å². The van der Waals surface area contributed by atoms with Gasteiger partial charge in [0.1, 0.15) is 0 Å². The maximum Gasteiger partial charge on any atom is 0.258 e. The molecule has 3 aromatic carbocycles. The van der Waals surface area contributed by atoms with Crippen LogP contribution in [0.3, 0.4) is 0 Å². The molecule has 1 heterocycles. The molecule has 154 valence electrons. The van der Waals surface area contributed by atoms with Gasteiger partial charge in [-0.05, 0) is 61.7 Å². The SMILES string of the molecule is C[C@@H]1Cc2cc(S(=O)(=O)N[C@H](C)c3ccccc3)ccc2N1C(=O)c1ccccc1. The predicted octanol–water partition coefficient (Wildman–Crippen LogP) is 4.32. The van der Waals surface area contributed by atoms with Crippen LogP contribution in [-0.2, 0) is 16.4 Å². The molecule has 1 aliphatic heterocycles. The van der Waals surface area contributed by atoms with Gasteiger partial charge in [-0.15, -0.1) is 0 Å². The van der Waals surface area contributed by atoms with Crippen LogP contribution in [0.5, 0.6) is 0 Å². The van der Waals surface area contributed by atoms with Crippen LogP contribution in [0.25, 0.3) is 0 Å². The second-order valence-electron chi connectivity index (χ2n) is 7.64. The predicted molar refractivity (Wildman–Crippen MR) is 118 cm³/mol. The van der Waals surface area contributed by atoms with Crippen molar-refractivity contribution in [2.45, 2.75) is 37.2 Å². The Morgan fingerprint density at radius 2 is 1.63 bits per heavy atom. The number of anilines is 1. The van der Waals surface area contributed by atoms with E-state index < -0.39 is 10.0 Å². The van der Waals surface area contributed by atoms with Gasteiger partial charge in [0.05, 0.1) is 4.90 Å². The fraction of sp³-hybridized carbons (Fsp3) is 0.208. The first-order valence-corrected chi connectivity index (χ1v) is 11.4. The minimum absolute atomic E-state index is 0.0399. The fourth-order valence-electron chi connectivity index (χ4n) is 3.91. The van der Waals surface area contributed by atoms with Crippen LogP contribution >= 0.6 is 0 Å². The van der Waals surface area contributed by atoms with Gasteiger partial charge in [0, 0.05) is 23.3 Å². The molecule has 0 saturated carbocycles. The van der Waals surface area contributed by atoms with Gasteiger partial charge in [-0.2, -0.15) is 0 Å². The molecule has 0 spiro atoms. The molecule has 0 saturated heterocycles. The lowest BCUT2D eigenvalue weighted by Crippen LogP contribution is -2.35. The molecule has 4 rings (SSSR count). The second-order valence-corrected chi connectivity index (χ2v) is 9.35. The number of nitrogens with zero attached hydrogens (tertiary/aromatic N) is 1. The summed E-state index contributed by atoms with van der Waals surface area (Å²) in [6, 6.07) is 23.2. The maximum atomic E-state index is 13.0. The Balaban J connectivity index is 1.60. The molecule has 0 aliphatic carbocycles. The molecule has 1 N–H and O–H groups in total. The Kier molecular flexibility index (Phi) is 5.45. The third kappa shape index (κ3) is 3.88. The number of rotatable bonds is 5. The smallest absolute Gasteiger partial charge is 0.258 e. The first kappa shape index (κ1) is 20.3. The number of carbonyl (C=O) groups excluding carboxylic acids is 1. The topological polar surface area (TPSA) is 66.5 Å². The van der Waals surface area contributed by atoms with Gasteiger partial charge in [0.25, 0.3) is 5.91 Å². The largest absolute Gasteiger partial charge is 0.305 e. The maximum absolute atomic E-state index is 13.0. The van der Waals surface area contributed by atoms with Crippen molar-refractivity contribution in [3.05, 3.63) is 95.6 Å². The average Bonchev–Trinajstić information content (AvgIpc) is 3.09. The van der Waals surface area contributed by atoms with Gasteiger partial charge in [-0.3, -0.25) is 4.79 Å². The summed E-state index contributed by atoms with van der Waals surface area (Å²) >= 11 is 0. The van der Waals surface area contributed by atoms with Crippen LogP contribution in [0.1, 0.15) is 41.4 Å². The third-order valence-corrected chi connectivity index (χ3v) is 6.99. The zero-order valence-corrected chi connectivity index (χ0v) is 17.8. The summed E-state index contributed by atoms with van der Waals surface area (Å²) in [5.41, 5.74) is 3.15. The zero-order chi connectivity index (χ0) is 21.3. The highest BCUT2D eigenvalue weighted by Gasteiger charge is 2.32. The van der Waals surface area contributed by atoms with Crippen molar-refractivity contribution in [3.63, 3.8) is 0 Å². The molecule has 1 amide bonds. The molecular formula is C24H24N2O3S.